The number of furan rings is 1. The molecule has 104 valence electrons. The van der Waals surface area contributed by atoms with Gasteiger partial charge >= 0.3 is 5.97 Å². The standard InChI is InChI=1S/C15H14BrNO3/c16-14-4-3-13(20-14)9-17-6-5-10-1-2-11(15(18)19)7-12(10)8-17/h1-4,7H,5-6,8-9H2,(H,18,19). The van der Waals surface area contributed by atoms with Crippen molar-refractivity contribution in [1.82, 2.24) is 4.90 Å². The van der Waals surface area contributed by atoms with E-state index >= 15 is 0 Å². The van der Waals surface area contributed by atoms with E-state index in [1.165, 1.54) is 5.56 Å². The first-order valence-electron chi connectivity index (χ1n) is 6.43. The number of nitrogens with zero attached hydrogens (tertiary/aromatic N) is 1. The van der Waals surface area contributed by atoms with Crippen LogP contribution < -0.4 is 0 Å². The summed E-state index contributed by atoms with van der Waals surface area (Å²) < 4.78 is 6.25. The molecular formula is C15H14BrNO3. The number of carboxylic acid groups (broad SMARTS) is 1. The number of fused-ring (bicyclic) bond motifs is 1. The maximum atomic E-state index is 11.0. The highest BCUT2D eigenvalue weighted by atomic mass is 79.9. The Morgan fingerprint density at radius 3 is 2.85 bits per heavy atom. The molecule has 3 rings (SSSR count). The van der Waals surface area contributed by atoms with Crippen molar-refractivity contribution in [2.45, 2.75) is 19.5 Å². The van der Waals surface area contributed by atoms with Crippen molar-refractivity contribution < 1.29 is 14.3 Å². The van der Waals surface area contributed by atoms with Crippen LogP contribution >= 0.6 is 15.9 Å². The molecule has 1 aliphatic heterocycles. The van der Waals surface area contributed by atoms with Gasteiger partial charge in [0.05, 0.1) is 12.1 Å². The van der Waals surface area contributed by atoms with Crippen LogP contribution in [0.15, 0.2) is 39.4 Å². The number of hydrogen-bond acceptors (Lipinski definition) is 3. The van der Waals surface area contributed by atoms with Crippen LogP contribution in [0.4, 0.5) is 0 Å². The van der Waals surface area contributed by atoms with Crippen molar-refractivity contribution in [3.05, 3.63) is 57.5 Å². The predicted molar refractivity (Wildman–Crippen MR) is 77.6 cm³/mol. The third-order valence-electron chi connectivity index (χ3n) is 3.55. The fourth-order valence-corrected chi connectivity index (χ4v) is 2.88. The van der Waals surface area contributed by atoms with Crippen LogP contribution in [0, 0.1) is 0 Å². The molecule has 2 aromatic rings. The number of rotatable bonds is 3. The summed E-state index contributed by atoms with van der Waals surface area (Å²) in [5.41, 5.74) is 2.69. The fraction of sp³-hybridized carbons (Fsp3) is 0.267. The molecule has 0 fully saturated rings. The summed E-state index contributed by atoms with van der Waals surface area (Å²) in [4.78, 5) is 13.3. The van der Waals surface area contributed by atoms with Gasteiger partial charge in [-0.05, 0) is 57.7 Å². The van der Waals surface area contributed by atoms with Crippen molar-refractivity contribution in [3.8, 4) is 0 Å². The van der Waals surface area contributed by atoms with Crippen LogP contribution in [0.5, 0.6) is 0 Å². The Kier molecular flexibility index (Phi) is 3.63. The van der Waals surface area contributed by atoms with E-state index in [1.54, 1.807) is 12.1 Å². The van der Waals surface area contributed by atoms with Gasteiger partial charge in [0.2, 0.25) is 0 Å². The number of aromatic carboxylic acids is 1. The minimum atomic E-state index is -0.875. The van der Waals surface area contributed by atoms with E-state index in [0.717, 1.165) is 42.0 Å². The highest BCUT2D eigenvalue weighted by Crippen LogP contribution is 2.23. The van der Waals surface area contributed by atoms with Gasteiger partial charge in [-0.1, -0.05) is 6.07 Å². The third-order valence-corrected chi connectivity index (χ3v) is 3.98. The molecule has 0 atom stereocenters. The monoisotopic (exact) mass is 335 g/mol. The van der Waals surface area contributed by atoms with E-state index in [1.807, 2.05) is 18.2 Å². The minimum Gasteiger partial charge on any atom is -0.478 e. The molecule has 0 amide bonds. The predicted octanol–water partition coefficient (Wildman–Crippen LogP) is 3.30. The SMILES string of the molecule is O=C(O)c1ccc2c(c1)CN(Cc1ccc(Br)o1)CC2. The molecule has 0 unspecified atom stereocenters. The first kappa shape index (κ1) is 13.4. The number of carbonyl (C=O) groups is 1. The van der Waals surface area contributed by atoms with E-state index in [2.05, 4.69) is 20.8 Å². The second-order valence-electron chi connectivity index (χ2n) is 4.96. The number of halogens is 1. The smallest absolute Gasteiger partial charge is 0.335 e. The van der Waals surface area contributed by atoms with Gasteiger partial charge in [0, 0.05) is 13.1 Å². The molecule has 20 heavy (non-hydrogen) atoms. The molecular weight excluding hydrogens is 322 g/mol. The van der Waals surface area contributed by atoms with Gasteiger partial charge in [-0.3, -0.25) is 4.90 Å². The maximum Gasteiger partial charge on any atom is 0.335 e. The molecule has 0 radical (unpaired) electrons. The zero-order valence-electron chi connectivity index (χ0n) is 10.8. The zero-order chi connectivity index (χ0) is 14.1. The van der Waals surface area contributed by atoms with E-state index in [4.69, 9.17) is 9.52 Å². The molecule has 0 aliphatic carbocycles. The third kappa shape index (κ3) is 2.78. The Labute approximate surface area is 125 Å². The summed E-state index contributed by atoms with van der Waals surface area (Å²) in [6.45, 7) is 2.45. The van der Waals surface area contributed by atoms with Gasteiger partial charge in [0.15, 0.2) is 4.67 Å². The first-order valence-corrected chi connectivity index (χ1v) is 7.23. The number of benzene rings is 1. The first-order chi connectivity index (χ1) is 9.61. The Morgan fingerprint density at radius 1 is 1.30 bits per heavy atom. The molecule has 1 aliphatic rings. The highest BCUT2D eigenvalue weighted by Gasteiger charge is 2.18. The fourth-order valence-electron chi connectivity index (χ4n) is 2.54. The summed E-state index contributed by atoms with van der Waals surface area (Å²) in [7, 11) is 0. The maximum absolute atomic E-state index is 11.0. The Hall–Kier alpha value is -1.59. The molecule has 4 nitrogen and oxygen atoms in total. The average molecular weight is 336 g/mol. The molecule has 0 saturated heterocycles. The second-order valence-corrected chi connectivity index (χ2v) is 5.74. The molecule has 2 heterocycles. The second kappa shape index (κ2) is 5.42. The lowest BCUT2D eigenvalue weighted by Gasteiger charge is -2.28. The van der Waals surface area contributed by atoms with Crippen molar-refractivity contribution in [2.75, 3.05) is 6.54 Å². The lowest BCUT2D eigenvalue weighted by Crippen LogP contribution is -2.30. The summed E-state index contributed by atoms with van der Waals surface area (Å²) in [5, 5.41) is 9.06. The van der Waals surface area contributed by atoms with Gasteiger partial charge < -0.3 is 9.52 Å². The van der Waals surface area contributed by atoms with E-state index in [9.17, 15) is 4.79 Å². The van der Waals surface area contributed by atoms with Crippen molar-refractivity contribution >= 4 is 21.9 Å². The average Bonchev–Trinajstić information content (AvgIpc) is 2.83. The zero-order valence-corrected chi connectivity index (χ0v) is 12.4. The summed E-state index contributed by atoms with van der Waals surface area (Å²) in [6, 6.07) is 9.23. The molecule has 1 aromatic carbocycles. The summed E-state index contributed by atoms with van der Waals surface area (Å²) >= 11 is 3.30. The molecule has 0 spiro atoms. The van der Waals surface area contributed by atoms with Gasteiger partial charge in [0.1, 0.15) is 5.76 Å². The normalized spacial score (nSPS) is 15.1. The molecule has 0 bridgehead atoms. The lowest BCUT2D eigenvalue weighted by atomic mass is 9.97. The van der Waals surface area contributed by atoms with Crippen molar-refractivity contribution in [2.24, 2.45) is 0 Å². The van der Waals surface area contributed by atoms with Crippen LogP contribution in [0.2, 0.25) is 0 Å². The minimum absolute atomic E-state index is 0.353. The molecule has 5 heteroatoms. The highest BCUT2D eigenvalue weighted by molar-refractivity contribution is 9.10. The molecule has 1 aromatic heterocycles. The van der Waals surface area contributed by atoms with Crippen molar-refractivity contribution in [1.29, 1.82) is 0 Å². The van der Waals surface area contributed by atoms with Gasteiger partial charge in [-0.15, -0.1) is 0 Å². The lowest BCUT2D eigenvalue weighted by molar-refractivity contribution is 0.0696. The van der Waals surface area contributed by atoms with Crippen LogP contribution in [0.25, 0.3) is 0 Å². The van der Waals surface area contributed by atoms with Crippen LogP contribution in [0.3, 0.4) is 0 Å². The largest absolute Gasteiger partial charge is 0.478 e. The molecule has 1 N–H and O–H groups in total. The van der Waals surface area contributed by atoms with Gasteiger partial charge in [0.25, 0.3) is 0 Å². The summed E-state index contributed by atoms with van der Waals surface area (Å²) in [5.74, 6) is 0.0367. The van der Waals surface area contributed by atoms with Crippen LogP contribution in [0.1, 0.15) is 27.2 Å². The topological polar surface area (TPSA) is 53.7 Å². The van der Waals surface area contributed by atoms with Gasteiger partial charge in [-0.2, -0.15) is 0 Å². The van der Waals surface area contributed by atoms with Crippen LogP contribution in [-0.2, 0) is 19.5 Å². The van der Waals surface area contributed by atoms with E-state index in [0.29, 0.717) is 5.56 Å². The molecule has 0 saturated carbocycles. The van der Waals surface area contributed by atoms with Gasteiger partial charge in [-0.25, -0.2) is 4.79 Å². The number of hydrogen-bond donors (Lipinski definition) is 1. The van der Waals surface area contributed by atoms with Crippen LogP contribution in [-0.4, -0.2) is 22.5 Å². The van der Waals surface area contributed by atoms with E-state index in [-0.39, 0.29) is 0 Å². The Balaban J connectivity index is 1.76. The van der Waals surface area contributed by atoms with Crippen molar-refractivity contribution in [3.63, 3.8) is 0 Å². The Morgan fingerprint density at radius 2 is 2.15 bits per heavy atom. The quantitative estimate of drug-likeness (QED) is 0.934. The number of carboxylic acids is 1. The Bertz CT molecular complexity index is 650. The van der Waals surface area contributed by atoms with E-state index < -0.39 is 5.97 Å². The summed E-state index contributed by atoms with van der Waals surface area (Å²) in [6.07, 6.45) is 0.942.